The number of nitrogens with zero attached hydrogens (tertiary/aromatic N) is 1. The molecule has 1 aliphatic carbocycles. The maximum Gasteiger partial charge on any atom is 0.270 e. The van der Waals surface area contributed by atoms with E-state index >= 15 is 0 Å². The molecule has 2 aromatic heterocycles. The van der Waals surface area contributed by atoms with E-state index in [9.17, 15) is 9.90 Å². The molecule has 0 saturated heterocycles. The van der Waals surface area contributed by atoms with E-state index in [1.165, 1.54) is 11.3 Å². The summed E-state index contributed by atoms with van der Waals surface area (Å²) in [4.78, 5) is 16.1. The first-order valence-corrected chi connectivity index (χ1v) is 7.07. The van der Waals surface area contributed by atoms with Crippen molar-refractivity contribution in [2.45, 2.75) is 18.9 Å². The van der Waals surface area contributed by atoms with Gasteiger partial charge in [-0.3, -0.25) is 4.79 Å². The molecule has 1 aliphatic rings. The molecule has 0 aromatic carbocycles. The van der Waals surface area contributed by atoms with Crippen molar-refractivity contribution >= 4 is 17.2 Å². The third kappa shape index (κ3) is 2.85. The first kappa shape index (κ1) is 12.4. The summed E-state index contributed by atoms with van der Waals surface area (Å²) in [6.45, 7) is 0.289. The van der Waals surface area contributed by atoms with Crippen LogP contribution in [0.2, 0.25) is 0 Å². The van der Waals surface area contributed by atoms with Gasteiger partial charge in [0.2, 0.25) is 0 Å². The Labute approximate surface area is 114 Å². The number of aromatic nitrogens is 1. The predicted octanol–water partition coefficient (Wildman–Crippen LogP) is 1.90. The van der Waals surface area contributed by atoms with Gasteiger partial charge in [-0.25, -0.2) is 4.98 Å². The number of nitrogens with one attached hydrogen (secondary N) is 1. The molecule has 0 radical (unpaired) electrons. The second-order valence-electron chi connectivity index (χ2n) is 4.63. The molecule has 2 N–H and O–H groups in total. The minimum Gasteiger partial charge on any atom is -0.462 e. The van der Waals surface area contributed by atoms with Gasteiger partial charge < -0.3 is 14.8 Å². The van der Waals surface area contributed by atoms with Gasteiger partial charge in [-0.1, -0.05) is 0 Å². The highest BCUT2D eigenvalue weighted by atomic mass is 32.1. The molecule has 1 saturated carbocycles. The van der Waals surface area contributed by atoms with Gasteiger partial charge in [0.1, 0.15) is 5.69 Å². The molecule has 100 valence electrons. The largest absolute Gasteiger partial charge is 0.462 e. The van der Waals surface area contributed by atoms with E-state index in [4.69, 9.17) is 4.42 Å². The Morgan fingerprint density at radius 3 is 3.16 bits per heavy atom. The quantitative estimate of drug-likeness (QED) is 0.876. The predicted molar refractivity (Wildman–Crippen MR) is 70.9 cm³/mol. The number of carbonyl (C=O) groups excluding carboxylic acids is 1. The Kier molecular flexibility index (Phi) is 3.35. The Morgan fingerprint density at radius 2 is 2.47 bits per heavy atom. The number of aliphatic hydroxyl groups excluding tert-OH is 1. The van der Waals surface area contributed by atoms with Crippen LogP contribution in [0.3, 0.4) is 0 Å². The van der Waals surface area contributed by atoms with Gasteiger partial charge in [0, 0.05) is 11.9 Å². The van der Waals surface area contributed by atoms with Gasteiger partial charge in [-0.05, 0) is 30.9 Å². The molecule has 1 unspecified atom stereocenters. The van der Waals surface area contributed by atoms with Crippen LogP contribution in [0, 0.1) is 5.92 Å². The van der Waals surface area contributed by atoms with Crippen molar-refractivity contribution in [2.24, 2.45) is 5.92 Å². The molecule has 2 heterocycles. The van der Waals surface area contributed by atoms with Crippen molar-refractivity contribution < 1.29 is 14.3 Å². The zero-order chi connectivity index (χ0) is 13.2. The number of furan rings is 1. The number of thiazole rings is 1. The maximum atomic E-state index is 11.9. The third-order valence-electron chi connectivity index (χ3n) is 3.11. The van der Waals surface area contributed by atoms with E-state index in [0.717, 1.165) is 12.8 Å². The molecular formula is C13H14N2O3S. The summed E-state index contributed by atoms with van der Waals surface area (Å²) >= 11 is 1.36. The first-order valence-electron chi connectivity index (χ1n) is 6.19. The summed E-state index contributed by atoms with van der Waals surface area (Å²) in [5, 5.41) is 14.8. The molecular weight excluding hydrogens is 264 g/mol. The molecule has 6 heteroatoms. The highest BCUT2D eigenvalue weighted by Gasteiger charge is 2.29. The van der Waals surface area contributed by atoms with Gasteiger partial charge in [0.05, 0.1) is 12.4 Å². The summed E-state index contributed by atoms with van der Waals surface area (Å²) < 4.78 is 5.23. The molecule has 0 aliphatic heterocycles. The van der Waals surface area contributed by atoms with Crippen LogP contribution in [0.5, 0.6) is 0 Å². The van der Waals surface area contributed by atoms with E-state index in [1.807, 2.05) is 0 Å². The fourth-order valence-corrected chi connectivity index (χ4v) is 2.59. The minimum atomic E-state index is -0.438. The van der Waals surface area contributed by atoms with E-state index in [1.54, 1.807) is 23.8 Å². The molecule has 1 fully saturated rings. The van der Waals surface area contributed by atoms with Crippen LogP contribution in [-0.2, 0) is 0 Å². The Hall–Kier alpha value is -1.66. The summed E-state index contributed by atoms with van der Waals surface area (Å²) in [6, 6.07) is 3.58. The van der Waals surface area contributed by atoms with E-state index in [0.29, 0.717) is 22.4 Å². The van der Waals surface area contributed by atoms with Crippen LogP contribution >= 0.6 is 11.3 Å². The Bertz CT molecular complexity index is 560. The van der Waals surface area contributed by atoms with Gasteiger partial charge >= 0.3 is 0 Å². The molecule has 2 aromatic rings. The number of aliphatic hydroxyl groups is 1. The lowest BCUT2D eigenvalue weighted by atomic mass is 10.2. The SMILES string of the molecule is O=C(NCC(O)C1CC1)c1csc(-c2ccco2)n1. The topological polar surface area (TPSA) is 75.4 Å². The fourth-order valence-electron chi connectivity index (χ4n) is 1.83. The molecule has 5 nitrogen and oxygen atoms in total. The second kappa shape index (κ2) is 5.14. The van der Waals surface area contributed by atoms with E-state index < -0.39 is 6.10 Å². The van der Waals surface area contributed by atoms with Crippen LogP contribution in [0.25, 0.3) is 10.8 Å². The normalized spacial score (nSPS) is 16.3. The van der Waals surface area contributed by atoms with Crippen LogP contribution < -0.4 is 5.32 Å². The average Bonchev–Trinajstić information content (AvgIpc) is 2.94. The molecule has 1 amide bonds. The smallest absolute Gasteiger partial charge is 0.270 e. The molecule has 19 heavy (non-hydrogen) atoms. The monoisotopic (exact) mass is 278 g/mol. The van der Waals surface area contributed by atoms with Crippen molar-refractivity contribution in [3.05, 3.63) is 29.5 Å². The summed E-state index contributed by atoms with van der Waals surface area (Å²) in [5.41, 5.74) is 0.361. The van der Waals surface area contributed by atoms with Crippen LogP contribution in [-0.4, -0.2) is 28.6 Å². The average molecular weight is 278 g/mol. The maximum absolute atomic E-state index is 11.9. The van der Waals surface area contributed by atoms with Crippen molar-refractivity contribution in [3.8, 4) is 10.8 Å². The highest BCUT2D eigenvalue weighted by Crippen LogP contribution is 2.32. The lowest BCUT2D eigenvalue weighted by Gasteiger charge is -2.09. The van der Waals surface area contributed by atoms with Crippen LogP contribution in [0.15, 0.2) is 28.2 Å². The number of rotatable bonds is 5. The zero-order valence-electron chi connectivity index (χ0n) is 10.2. The summed E-state index contributed by atoms with van der Waals surface area (Å²) in [6.07, 6.45) is 3.24. The Balaban J connectivity index is 1.60. The molecule has 3 rings (SSSR count). The summed E-state index contributed by atoms with van der Waals surface area (Å²) in [7, 11) is 0. The number of hydrogen-bond acceptors (Lipinski definition) is 5. The van der Waals surface area contributed by atoms with Gasteiger partial charge in [0.15, 0.2) is 10.8 Å². The Morgan fingerprint density at radius 1 is 1.63 bits per heavy atom. The van der Waals surface area contributed by atoms with Crippen LogP contribution in [0.4, 0.5) is 0 Å². The third-order valence-corrected chi connectivity index (χ3v) is 3.96. The molecule has 0 bridgehead atoms. The zero-order valence-corrected chi connectivity index (χ0v) is 11.0. The van der Waals surface area contributed by atoms with Crippen LogP contribution in [0.1, 0.15) is 23.3 Å². The highest BCUT2D eigenvalue weighted by molar-refractivity contribution is 7.13. The van der Waals surface area contributed by atoms with Gasteiger partial charge in [-0.15, -0.1) is 11.3 Å². The lowest BCUT2D eigenvalue weighted by molar-refractivity contribution is 0.0897. The standard InChI is InChI=1S/C13H14N2O3S/c16-10(8-3-4-8)6-14-12(17)9-7-19-13(15-9)11-2-1-5-18-11/h1-2,5,7-8,10,16H,3-4,6H2,(H,14,17). The minimum absolute atomic E-state index is 0.256. The first-order chi connectivity index (χ1) is 9.24. The number of carbonyl (C=O) groups is 1. The van der Waals surface area contributed by atoms with Crippen molar-refractivity contribution in [2.75, 3.05) is 6.54 Å². The van der Waals surface area contributed by atoms with Gasteiger partial charge in [0.25, 0.3) is 5.91 Å². The molecule has 0 spiro atoms. The summed E-state index contributed by atoms with van der Waals surface area (Å²) in [5.74, 6) is 0.755. The van der Waals surface area contributed by atoms with E-state index in [2.05, 4.69) is 10.3 Å². The number of hydrogen-bond donors (Lipinski definition) is 2. The molecule has 1 atom stereocenters. The van der Waals surface area contributed by atoms with Crippen molar-refractivity contribution in [1.82, 2.24) is 10.3 Å². The lowest BCUT2D eigenvalue weighted by Crippen LogP contribution is -2.33. The van der Waals surface area contributed by atoms with Crippen molar-refractivity contribution in [1.29, 1.82) is 0 Å². The fraction of sp³-hybridized carbons (Fsp3) is 0.385. The van der Waals surface area contributed by atoms with Gasteiger partial charge in [-0.2, -0.15) is 0 Å². The number of amides is 1. The van der Waals surface area contributed by atoms with Crippen molar-refractivity contribution in [3.63, 3.8) is 0 Å². The van der Waals surface area contributed by atoms with E-state index in [-0.39, 0.29) is 12.5 Å². The second-order valence-corrected chi connectivity index (χ2v) is 5.49.